The number of para-hydroxylation sites is 1. The molecule has 2 aromatic rings. The van der Waals surface area contributed by atoms with Gasteiger partial charge in [0.25, 0.3) is 0 Å². The van der Waals surface area contributed by atoms with Gasteiger partial charge in [-0.1, -0.05) is 42.5 Å². The maximum atomic E-state index is 4.71. The van der Waals surface area contributed by atoms with E-state index >= 15 is 0 Å². The summed E-state index contributed by atoms with van der Waals surface area (Å²) < 4.78 is 0. The van der Waals surface area contributed by atoms with Crippen molar-refractivity contribution >= 4 is 10.9 Å². The molecule has 0 bridgehead atoms. The Balaban J connectivity index is 1.91. The Morgan fingerprint density at radius 2 is 1.63 bits per heavy atom. The van der Waals surface area contributed by atoms with Crippen molar-refractivity contribution in [2.75, 3.05) is 0 Å². The van der Waals surface area contributed by atoms with Gasteiger partial charge in [0.1, 0.15) is 0 Å². The van der Waals surface area contributed by atoms with E-state index in [0.717, 1.165) is 22.6 Å². The number of rotatable bonds is 1. The smallest absolute Gasteiger partial charge is 0.0872 e. The summed E-state index contributed by atoms with van der Waals surface area (Å²) in [6.45, 7) is 0. The van der Waals surface area contributed by atoms with Gasteiger partial charge in [0.05, 0.1) is 16.9 Å². The lowest BCUT2D eigenvalue weighted by Crippen LogP contribution is -1.90. The average Bonchev–Trinajstić information content (AvgIpc) is 2.94. The van der Waals surface area contributed by atoms with Crippen molar-refractivity contribution < 1.29 is 0 Å². The van der Waals surface area contributed by atoms with Gasteiger partial charge in [-0.3, -0.25) is 0 Å². The van der Waals surface area contributed by atoms with Crippen molar-refractivity contribution in [3.05, 3.63) is 66.7 Å². The molecule has 0 radical (unpaired) electrons. The summed E-state index contributed by atoms with van der Waals surface area (Å²) in [5.41, 5.74) is 5.42. The van der Waals surface area contributed by atoms with Gasteiger partial charge < -0.3 is 4.98 Å². The van der Waals surface area contributed by atoms with E-state index in [1.54, 1.807) is 0 Å². The third-order valence-corrected chi connectivity index (χ3v) is 3.42. The lowest BCUT2D eigenvalue weighted by molar-refractivity contribution is 1.28. The van der Waals surface area contributed by atoms with Crippen LogP contribution in [0.5, 0.6) is 0 Å². The number of fused-ring (bicyclic) bond motifs is 2. The van der Waals surface area contributed by atoms with Crippen molar-refractivity contribution in [1.29, 1.82) is 0 Å². The van der Waals surface area contributed by atoms with Crippen molar-refractivity contribution in [1.82, 2.24) is 9.97 Å². The van der Waals surface area contributed by atoms with Crippen molar-refractivity contribution in [3.63, 3.8) is 0 Å². The zero-order chi connectivity index (χ0) is 12.7. The zero-order valence-corrected chi connectivity index (χ0v) is 10.3. The molecule has 0 amide bonds. The fourth-order valence-corrected chi connectivity index (χ4v) is 2.42. The molecule has 2 nitrogen and oxygen atoms in total. The van der Waals surface area contributed by atoms with Gasteiger partial charge in [-0.15, -0.1) is 0 Å². The summed E-state index contributed by atoms with van der Waals surface area (Å²) in [6.07, 6.45) is 0. The molecule has 1 aliphatic carbocycles. The highest BCUT2D eigenvalue weighted by Gasteiger charge is 2.06. The van der Waals surface area contributed by atoms with Crippen LogP contribution in [0.1, 0.15) is 0 Å². The average molecular weight is 244 g/mol. The van der Waals surface area contributed by atoms with Gasteiger partial charge in [0, 0.05) is 11.1 Å². The first-order valence-electron chi connectivity index (χ1n) is 6.34. The predicted octanol–water partition coefficient (Wildman–Crippen LogP) is 4.33. The molecule has 0 fully saturated rings. The number of nitrogens with one attached hydrogen (secondary N) is 1. The van der Waals surface area contributed by atoms with E-state index in [9.17, 15) is 0 Å². The maximum Gasteiger partial charge on any atom is 0.0872 e. The number of H-pyrrole nitrogens is 1. The van der Waals surface area contributed by atoms with Gasteiger partial charge in [-0.05, 0) is 29.8 Å². The van der Waals surface area contributed by atoms with Crippen LogP contribution in [0.15, 0.2) is 66.7 Å². The van der Waals surface area contributed by atoms with Gasteiger partial charge >= 0.3 is 0 Å². The van der Waals surface area contributed by atoms with Gasteiger partial charge in [0.2, 0.25) is 0 Å². The Morgan fingerprint density at radius 1 is 0.684 bits per heavy atom. The molecule has 90 valence electrons. The van der Waals surface area contributed by atoms with Crippen LogP contribution in [-0.4, -0.2) is 9.97 Å². The van der Waals surface area contributed by atoms with Crippen LogP contribution in [0.3, 0.4) is 0 Å². The molecule has 0 atom stereocenters. The Bertz CT molecular complexity index is 829. The van der Waals surface area contributed by atoms with Crippen molar-refractivity contribution in [2.45, 2.75) is 0 Å². The zero-order valence-electron chi connectivity index (χ0n) is 10.3. The lowest BCUT2D eigenvalue weighted by Gasteiger charge is -2.06. The first-order valence-corrected chi connectivity index (χ1v) is 6.34. The number of nitrogens with zero attached hydrogens (tertiary/aromatic N) is 1. The first-order chi connectivity index (χ1) is 9.40. The van der Waals surface area contributed by atoms with E-state index < -0.39 is 0 Å². The third-order valence-electron chi connectivity index (χ3n) is 3.42. The molecule has 1 N–H and O–H groups in total. The van der Waals surface area contributed by atoms with E-state index in [1.165, 1.54) is 10.9 Å². The Labute approximate surface area is 111 Å². The Hall–Kier alpha value is -2.61. The summed E-state index contributed by atoms with van der Waals surface area (Å²) in [5.74, 6) is 0. The van der Waals surface area contributed by atoms with Crippen molar-refractivity contribution in [3.8, 4) is 22.6 Å². The molecule has 19 heavy (non-hydrogen) atoms. The first kappa shape index (κ1) is 10.3. The van der Waals surface area contributed by atoms with E-state index in [0.29, 0.717) is 0 Å². The Kier molecular flexibility index (Phi) is 2.15. The Morgan fingerprint density at radius 3 is 2.63 bits per heavy atom. The topological polar surface area (TPSA) is 28.7 Å². The normalized spacial score (nSPS) is 11.2. The molecular weight excluding hydrogens is 232 g/mol. The van der Waals surface area contributed by atoms with Crippen LogP contribution in [0.2, 0.25) is 0 Å². The molecule has 1 aromatic carbocycles. The molecule has 2 heteroatoms. The summed E-state index contributed by atoms with van der Waals surface area (Å²) in [7, 11) is 0. The minimum atomic E-state index is 0.974. The highest BCUT2D eigenvalue weighted by Crippen LogP contribution is 2.25. The minimum Gasteiger partial charge on any atom is -0.353 e. The van der Waals surface area contributed by atoms with Crippen LogP contribution in [-0.2, 0) is 0 Å². The lowest BCUT2D eigenvalue weighted by atomic mass is 10.1. The number of aromatic nitrogens is 2. The van der Waals surface area contributed by atoms with Crippen LogP contribution in [0.4, 0.5) is 0 Å². The minimum absolute atomic E-state index is 0.974. The molecule has 4 rings (SSSR count). The van der Waals surface area contributed by atoms with Crippen LogP contribution >= 0.6 is 0 Å². The second-order valence-electron chi connectivity index (χ2n) is 4.66. The highest BCUT2D eigenvalue weighted by atomic mass is 14.8. The standard InChI is InChI=1S/C17H12N2/c1-2-6-14-12(4-1)8-10-16(18-14)17-11-9-13-5-3-7-15(13)19-17/h1-11,19H. The molecule has 2 heterocycles. The molecule has 0 saturated heterocycles. The fraction of sp³-hybridized carbons (Fsp3) is 0. The molecular formula is C17H12N2. The van der Waals surface area contributed by atoms with E-state index in [-0.39, 0.29) is 0 Å². The van der Waals surface area contributed by atoms with Crippen LogP contribution < -0.4 is 0 Å². The molecule has 0 saturated carbocycles. The number of hydrogen-bond acceptors (Lipinski definition) is 1. The monoisotopic (exact) mass is 244 g/mol. The third kappa shape index (κ3) is 1.69. The summed E-state index contributed by atoms with van der Waals surface area (Å²) in [6, 6.07) is 22.8. The number of benzene rings is 1. The molecule has 1 aliphatic heterocycles. The van der Waals surface area contributed by atoms with Crippen LogP contribution in [0.25, 0.3) is 33.5 Å². The molecule has 2 aliphatic rings. The van der Waals surface area contributed by atoms with Gasteiger partial charge in [0.15, 0.2) is 0 Å². The summed E-state index contributed by atoms with van der Waals surface area (Å²) in [5, 5.41) is 1.17. The van der Waals surface area contributed by atoms with E-state index in [4.69, 9.17) is 4.98 Å². The molecule has 0 unspecified atom stereocenters. The largest absolute Gasteiger partial charge is 0.353 e. The predicted molar refractivity (Wildman–Crippen MR) is 78.2 cm³/mol. The maximum absolute atomic E-state index is 4.71. The van der Waals surface area contributed by atoms with Crippen LogP contribution in [0, 0.1) is 0 Å². The second kappa shape index (κ2) is 3.95. The molecule has 1 aromatic heterocycles. The summed E-state index contributed by atoms with van der Waals surface area (Å²) >= 11 is 0. The van der Waals surface area contributed by atoms with Gasteiger partial charge in [-0.2, -0.15) is 0 Å². The van der Waals surface area contributed by atoms with Gasteiger partial charge in [-0.25, -0.2) is 4.98 Å². The quantitative estimate of drug-likeness (QED) is 0.530. The summed E-state index contributed by atoms with van der Waals surface area (Å²) in [4.78, 5) is 8.13. The number of hydrogen-bond donors (Lipinski definition) is 1. The number of aromatic amines is 1. The number of pyridine rings is 2. The highest BCUT2D eigenvalue weighted by molar-refractivity contribution is 5.81. The second-order valence-corrected chi connectivity index (χ2v) is 4.66. The SMILES string of the molecule is c1cc2ccc(-c3ccc4ccccc4n3)[nH]c-2c1. The van der Waals surface area contributed by atoms with E-state index in [1.807, 2.05) is 18.2 Å². The molecule has 0 spiro atoms. The van der Waals surface area contributed by atoms with E-state index in [2.05, 4.69) is 53.5 Å². The van der Waals surface area contributed by atoms with Crippen molar-refractivity contribution in [2.24, 2.45) is 0 Å². The fourth-order valence-electron chi connectivity index (χ4n) is 2.42.